The summed E-state index contributed by atoms with van der Waals surface area (Å²) in [5.41, 5.74) is 1.48. The minimum Gasteiger partial charge on any atom is -0.490 e. The number of benzene rings is 2. The van der Waals surface area contributed by atoms with E-state index in [9.17, 15) is 9.18 Å². The van der Waals surface area contributed by atoms with Gasteiger partial charge < -0.3 is 9.47 Å². The van der Waals surface area contributed by atoms with Gasteiger partial charge in [0.1, 0.15) is 36.3 Å². The Morgan fingerprint density at radius 1 is 1.25 bits per heavy atom. The van der Waals surface area contributed by atoms with Crippen molar-refractivity contribution in [2.24, 2.45) is 0 Å². The second kappa shape index (κ2) is 5.33. The van der Waals surface area contributed by atoms with Crippen LogP contribution in [-0.2, 0) is 6.42 Å². The smallest absolute Gasteiger partial charge is 0.150 e. The summed E-state index contributed by atoms with van der Waals surface area (Å²) in [6.07, 6.45) is 1.31. The fourth-order valence-corrected chi connectivity index (χ4v) is 2.21. The van der Waals surface area contributed by atoms with Crippen LogP contribution in [0.25, 0.3) is 0 Å². The van der Waals surface area contributed by atoms with Gasteiger partial charge in [0.05, 0.1) is 0 Å². The predicted octanol–water partition coefficient (Wildman–Crippen LogP) is 3.02. The largest absolute Gasteiger partial charge is 0.490 e. The molecule has 1 unspecified atom stereocenters. The molecule has 0 amide bonds. The third kappa shape index (κ3) is 2.64. The van der Waals surface area contributed by atoms with E-state index >= 15 is 0 Å². The normalized spacial score (nSPS) is 16.4. The Balaban J connectivity index is 1.59. The molecule has 0 aromatic heterocycles. The summed E-state index contributed by atoms with van der Waals surface area (Å²) in [5, 5.41) is 0. The number of aldehydes is 1. The first kappa shape index (κ1) is 12.7. The van der Waals surface area contributed by atoms with Crippen molar-refractivity contribution >= 4 is 6.29 Å². The molecule has 4 heteroatoms. The topological polar surface area (TPSA) is 35.5 Å². The van der Waals surface area contributed by atoms with E-state index in [4.69, 9.17) is 9.47 Å². The highest BCUT2D eigenvalue weighted by Crippen LogP contribution is 2.29. The van der Waals surface area contributed by atoms with Crippen molar-refractivity contribution in [1.29, 1.82) is 0 Å². The first-order chi connectivity index (χ1) is 9.74. The van der Waals surface area contributed by atoms with Crippen LogP contribution in [0.4, 0.5) is 4.39 Å². The molecule has 0 fully saturated rings. The van der Waals surface area contributed by atoms with Gasteiger partial charge in [-0.1, -0.05) is 0 Å². The van der Waals surface area contributed by atoms with Gasteiger partial charge in [0, 0.05) is 17.5 Å². The molecule has 3 rings (SSSR count). The summed E-state index contributed by atoms with van der Waals surface area (Å²) in [5.74, 6) is 1.15. The highest BCUT2D eigenvalue weighted by molar-refractivity contribution is 5.74. The van der Waals surface area contributed by atoms with Crippen molar-refractivity contribution in [2.75, 3.05) is 6.61 Å². The lowest BCUT2D eigenvalue weighted by Crippen LogP contribution is -2.22. The zero-order valence-corrected chi connectivity index (χ0v) is 10.7. The molecule has 0 N–H and O–H groups in total. The molecule has 0 radical (unpaired) electrons. The van der Waals surface area contributed by atoms with Crippen molar-refractivity contribution in [3.63, 3.8) is 0 Å². The van der Waals surface area contributed by atoms with Crippen LogP contribution in [0.2, 0.25) is 0 Å². The van der Waals surface area contributed by atoms with Gasteiger partial charge in [-0.3, -0.25) is 4.79 Å². The lowest BCUT2D eigenvalue weighted by molar-refractivity contribution is 0.112. The number of hydrogen-bond acceptors (Lipinski definition) is 3. The summed E-state index contributed by atoms with van der Waals surface area (Å²) in [4.78, 5) is 10.5. The molecule has 0 saturated heterocycles. The number of carbonyl (C=O) groups is 1. The maximum Gasteiger partial charge on any atom is 0.150 e. The Bertz CT molecular complexity index is 622. The SMILES string of the molecule is O=Cc1ccc(OCC2Cc3cc(F)ccc3O2)cc1. The summed E-state index contributed by atoms with van der Waals surface area (Å²) >= 11 is 0. The molecule has 3 nitrogen and oxygen atoms in total. The molecule has 2 aromatic carbocycles. The molecule has 0 aliphatic carbocycles. The lowest BCUT2D eigenvalue weighted by atomic mass is 10.1. The number of ether oxygens (including phenoxy) is 2. The standard InChI is InChI=1S/C16H13FO3/c17-13-3-6-16-12(7-13)8-15(20-16)10-19-14-4-1-11(9-18)2-5-14/h1-7,9,15H,8,10H2. The molecule has 1 atom stereocenters. The van der Waals surface area contributed by atoms with Crippen LogP contribution in [0, 0.1) is 5.82 Å². The van der Waals surface area contributed by atoms with Crippen LogP contribution in [0.1, 0.15) is 15.9 Å². The Morgan fingerprint density at radius 3 is 2.80 bits per heavy atom. The van der Waals surface area contributed by atoms with Crippen molar-refractivity contribution in [1.82, 2.24) is 0 Å². The fourth-order valence-electron chi connectivity index (χ4n) is 2.21. The van der Waals surface area contributed by atoms with Crippen molar-refractivity contribution < 1.29 is 18.7 Å². The lowest BCUT2D eigenvalue weighted by Gasteiger charge is -2.12. The van der Waals surface area contributed by atoms with Crippen molar-refractivity contribution in [2.45, 2.75) is 12.5 Å². The van der Waals surface area contributed by atoms with Crippen LogP contribution in [-0.4, -0.2) is 19.0 Å². The maximum absolute atomic E-state index is 13.1. The van der Waals surface area contributed by atoms with Crippen LogP contribution < -0.4 is 9.47 Å². The van der Waals surface area contributed by atoms with E-state index in [1.54, 1.807) is 30.3 Å². The number of halogens is 1. The monoisotopic (exact) mass is 272 g/mol. The number of carbonyl (C=O) groups excluding carboxylic acids is 1. The zero-order chi connectivity index (χ0) is 13.9. The van der Waals surface area contributed by atoms with Gasteiger partial charge >= 0.3 is 0 Å². The van der Waals surface area contributed by atoms with Crippen molar-refractivity contribution in [3.8, 4) is 11.5 Å². The minimum absolute atomic E-state index is 0.113. The summed E-state index contributed by atoms with van der Waals surface area (Å²) in [6, 6.07) is 11.4. The first-order valence-electron chi connectivity index (χ1n) is 6.38. The van der Waals surface area contributed by atoms with Gasteiger partial charge in [-0.2, -0.15) is 0 Å². The van der Waals surface area contributed by atoms with Gasteiger partial charge in [-0.05, 0) is 42.5 Å². The van der Waals surface area contributed by atoms with Crippen molar-refractivity contribution in [3.05, 3.63) is 59.4 Å². The Kier molecular flexibility index (Phi) is 3.37. The maximum atomic E-state index is 13.1. The van der Waals surface area contributed by atoms with Crippen LogP contribution in [0.3, 0.4) is 0 Å². The third-order valence-corrected chi connectivity index (χ3v) is 3.22. The van der Waals surface area contributed by atoms with Crippen LogP contribution in [0.15, 0.2) is 42.5 Å². The second-order valence-electron chi connectivity index (χ2n) is 4.69. The minimum atomic E-state index is -0.252. The number of rotatable bonds is 4. The Hall–Kier alpha value is -2.36. The molecule has 1 heterocycles. The highest BCUT2D eigenvalue weighted by Gasteiger charge is 2.23. The molecule has 0 bridgehead atoms. The Morgan fingerprint density at radius 2 is 2.05 bits per heavy atom. The van der Waals surface area contributed by atoms with E-state index in [1.807, 2.05) is 0 Å². The molecule has 0 spiro atoms. The molecule has 102 valence electrons. The molecule has 2 aromatic rings. The molecular weight excluding hydrogens is 259 g/mol. The number of fused-ring (bicyclic) bond motifs is 1. The summed E-state index contributed by atoms with van der Waals surface area (Å²) in [7, 11) is 0. The average molecular weight is 272 g/mol. The first-order valence-corrected chi connectivity index (χ1v) is 6.38. The van der Waals surface area contributed by atoms with E-state index < -0.39 is 0 Å². The quantitative estimate of drug-likeness (QED) is 0.803. The predicted molar refractivity (Wildman–Crippen MR) is 71.8 cm³/mol. The number of hydrogen-bond donors (Lipinski definition) is 0. The highest BCUT2D eigenvalue weighted by atomic mass is 19.1. The van der Waals surface area contributed by atoms with Gasteiger partial charge in [0.25, 0.3) is 0 Å². The molecular formula is C16H13FO3. The van der Waals surface area contributed by atoms with E-state index in [1.165, 1.54) is 12.1 Å². The van der Waals surface area contributed by atoms with Crippen LogP contribution >= 0.6 is 0 Å². The fraction of sp³-hybridized carbons (Fsp3) is 0.188. The van der Waals surface area contributed by atoms with E-state index in [0.717, 1.165) is 17.6 Å². The van der Waals surface area contributed by atoms with E-state index in [2.05, 4.69) is 0 Å². The average Bonchev–Trinajstić information content (AvgIpc) is 2.87. The van der Waals surface area contributed by atoms with E-state index in [-0.39, 0.29) is 11.9 Å². The molecule has 0 saturated carbocycles. The molecule has 1 aliphatic rings. The van der Waals surface area contributed by atoms with Gasteiger partial charge in [0.2, 0.25) is 0 Å². The second-order valence-corrected chi connectivity index (χ2v) is 4.69. The Labute approximate surface area is 115 Å². The van der Waals surface area contributed by atoms with Gasteiger partial charge in [-0.15, -0.1) is 0 Å². The summed E-state index contributed by atoms with van der Waals surface area (Å²) in [6.45, 7) is 0.386. The van der Waals surface area contributed by atoms with Gasteiger partial charge in [-0.25, -0.2) is 4.39 Å². The van der Waals surface area contributed by atoms with Crippen LogP contribution in [0.5, 0.6) is 11.5 Å². The zero-order valence-electron chi connectivity index (χ0n) is 10.7. The summed E-state index contributed by atoms with van der Waals surface area (Å²) < 4.78 is 24.4. The molecule has 1 aliphatic heterocycles. The van der Waals surface area contributed by atoms with Gasteiger partial charge in [0.15, 0.2) is 0 Å². The van der Waals surface area contributed by atoms with E-state index in [0.29, 0.717) is 24.3 Å². The third-order valence-electron chi connectivity index (χ3n) is 3.22. The molecule has 20 heavy (non-hydrogen) atoms.